The fourth-order valence-electron chi connectivity index (χ4n) is 8.55. The van der Waals surface area contributed by atoms with Crippen molar-refractivity contribution in [3.63, 3.8) is 0 Å². The van der Waals surface area contributed by atoms with Gasteiger partial charge in [-0.3, -0.25) is 13.7 Å². The SMILES string of the molecule is Cc1cnc(-n2c3ccccc3c3ccc(Oc4cccc(-n5[c-][n+]6c7c(cccc75)-c5ccccc5-c5ccccc5-c5ccccc5-6)c4)cc32)c(C)c1. The number of rotatable bonds is 4. The Balaban J connectivity index is 1.07. The van der Waals surface area contributed by atoms with Gasteiger partial charge in [0.15, 0.2) is 0 Å². The number of fused-ring (bicyclic) bond motifs is 10. The number of imidazole rings is 1. The second-order valence-electron chi connectivity index (χ2n) is 14.3. The first kappa shape index (κ1) is 31.3. The van der Waals surface area contributed by atoms with Crippen LogP contribution in [0.3, 0.4) is 0 Å². The van der Waals surface area contributed by atoms with E-state index >= 15 is 0 Å². The van der Waals surface area contributed by atoms with Crippen LogP contribution in [0.5, 0.6) is 11.5 Å². The molecule has 7 aromatic carbocycles. The summed E-state index contributed by atoms with van der Waals surface area (Å²) in [4.78, 5) is 4.89. The number of pyridine rings is 1. The van der Waals surface area contributed by atoms with E-state index in [1.165, 1.54) is 27.6 Å². The van der Waals surface area contributed by atoms with E-state index in [-0.39, 0.29) is 0 Å². The van der Waals surface area contributed by atoms with Crippen LogP contribution in [-0.2, 0) is 0 Å². The van der Waals surface area contributed by atoms with Crippen LogP contribution in [0, 0.1) is 20.2 Å². The summed E-state index contributed by atoms with van der Waals surface area (Å²) in [5, 5.41) is 2.34. The highest BCUT2D eigenvalue weighted by molar-refractivity contribution is 6.09. The Morgan fingerprint density at radius 3 is 1.95 bits per heavy atom. The van der Waals surface area contributed by atoms with E-state index in [9.17, 15) is 0 Å². The topological polar surface area (TPSA) is 35.9 Å². The highest BCUT2D eigenvalue weighted by Gasteiger charge is 2.24. The van der Waals surface area contributed by atoms with Gasteiger partial charge >= 0.3 is 0 Å². The molecule has 0 spiro atoms. The first-order valence-corrected chi connectivity index (χ1v) is 18.6. The van der Waals surface area contributed by atoms with Gasteiger partial charge in [-0.1, -0.05) is 115 Å². The van der Waals surface area contributed by atoms with Gasteiger partial charge < -0.3 is 4.74 Å². The molecule has 0 unspecified atom stereocenters. The third kappa shape index (κ3) is 4.87. The van der Waals surface area contributed by atoms with Gasteiger partial charge in [-0.2, -0.15) is 0 Å². The van der Waals surface area contributed by atoms with Crippen LogP contribution in [0.25, 0.3) is 83.4 Å². The zero-order valence-corrected chi connectivity index (χ0v) is 30.4. The van der Waals surface area contributed by atoms with Crippen molar-refractivity contribution in [1.29, 1.82) is 0 Å². The molecule has 4 heterocycles. The number of aryl methyl sites for hydroxylation is 2. The molecule has 55 heavy (non-hydrogen) atoms. The van der Waals surface area contributed by atoms with E-state index in [0.29, 0.717) is 0 Å². The summed E-state index contributed by atoms with van der Waals surface area (Å²) in [5.41, 5.74) is 15.7. The fourth-order valence-corrected chi connectivity index (χ4v) is 8.55. The summed E-state index contributed by atoms with van der Waals surface area (Å²) in [5.74, 6) is 2.41. The summed E-state index contributed by atoms with van der Waals surface area (Å²) in [6.07, 6.45) is 5.73. The van der Waals surface area contributed by atoms with Crippen molar-refractivity contribution in [2.45, 2.75) is 13.8 Å². The Morgan fingerprint density at radius 1 is 0.527 bits per heavy atom. The van der Waals surface area contributed by atoms with Gasteiger partial charge in [-0.05, 0) is 101 Å². The third-order valence-electron chi connectivity index (χ3n) is 10.9. The minimum atomic E-state index is 0.739. The van der Waals surface area contributed by atoms with Crippen molar-refractivity contribution >= 4 is 32.8 Å². The van der Waals surface area contributed by atoms with Gasteiger partial charge in [0, 0.05) is 23.0 Å². The largest absolute Gasteiger partial charge is 0.458 e. The summed E-state index contributed by atoms with van der Waals surface area (Å²) in [6.45, 7) is 4.20. The predicted octanol–water partition coefficient (Wildman–Crippen LogP) is 11.9. The van der Waals surface area contributed by atoms with Crippen molar-refractivity contribution in [2.24, 2.45) is 0 Å². The first-order valence-electron chi connectivity index (χ1n) is 18.6. The van der Waals surface area contributed by atoms with Gasteiger partial charge in [0.25, 0.3) is 6.33 Å². The fraction of sp³-hybridized carbons (Fsp3) is 0.0400. The number of benzene rings is 7. The zero-order chi connectivity index (χ0) is 36.6. The molecule has 0 saturated heterocycles. The van der Waals surface area contributed by atoms with Crippen LogP contribution in [0.15, 0.2) is 170 Å². The predicted molar refractivity (Wildman–Crippen MR) is 222 cm³/mol. The molecule has 1 aliphatic heterocycles. The minimum Gasteiger partial charge on any atom is -0.458 e. The van der Waals surface area contributed by atoms with Crippen LogP contribution < -0.4 is 9.30 Å². The lowest BCUT2D eigenvalue weighted by molar-refractivity contribution is -0.571. The van der Waals surface area contributed by atoms with Crippen molar-refractivity contribution < 1.29 is 9.30 Å². The average molecular weight is 707 g/mol. The second-order valence-corrected chi connectivity index (χ2v) is 14.3. The van der Waals surface area contributed by atoms with Crippen LogP contribution in [-0.4, -0.2) is 14.1 Å². The molecule has 0 saturated carbocycles. The number of nitrogens with zero attached hydrogens (tertiary/aromatic N) is 4. The molecule has 5 nitrogen and oxygen atoms in total. The Bertz CT molecular complexity index is 3170. The van der Waals surface area contributed by atoms with Crippen molar-refractivity contribution in [3.8, 4) is 62.1 Å². The molecular weight excluding hydrogens is 673 g/mol. The Labute approximate surface area is 318 Å². The van der Waals surface area contributed by atoms with Gasteiger partial charge in [0.05, 0.1) is 33.4 Å². The molecule has 0 bridgehead atoms. The molecule has 0 amide bonds. The van der Waals surface area contributed by atoms with E-state index in [1.807, 2.05) is 12.3 Å². The molecule has 0 N–H and O–H groups in total. The Kier molecular flexibility index (Phi) is 6.92. The van der Waals surface area contributed by atoms with E-state index in [1.54, 1.807) is 0 Å². The Hall–Kier alpha value is -7.24. The van der Waals surface area contributed by atoms with Crippen LogP contribution in [0.2, 0.25) is 0 Å². The average Bonchev–Trinajstić information content (AvgIpc) is 3.78. The van der Waals surface area contributed by atoms with E-state index < -0.39 is 0 Å². The molecule has 11 rings (SSSR count). The maximum absolute atomic E-state index is 6.70. The normalized spacial score (nSPS) is 11.8. The molecule has 1 aliphatic rings. The lowest BCUT2D eigenvalue weighted by Gasteiger charge is -2.15. The van der Waals surface area contributed by atoms with Gasteiger partial charge in [0.2, 0.25) is 0 Å². The standard InChI is InChI=1S/C50H34N4O/c1-32-27-33(2)50(51-30-32)54-46-23-10-8-20-42(46)43-26-25-36(29-48(43)54)55-35-14-11-13-34(28-35)52-31-53-45-22-9-7-19-41(45)39-17-5-3-15-37(39)38-16-4-6-18-40(38)44-21-12-24-47(52)49(44)53/h3-30H,1-2H3. The maximum atomic E-state index is 6.70. The molecule has 10 aromatic rings. The summed E-state index contributed by atoms with van der Waals surface area (Å²) in [6, 6.07) is 58.0. The van der Waals surface area contributed by atoms with E-state index in [0.717, 1.165) is 78.4 Å². The number of ether oxygens (including phenoxy) is 1. The van der Waals surface area contributed by atoms with Crippen molar-refractivity contribution in [1.82, 2.24) is 14.1 Å². The molecule has 0 fully saturated rings. The minimum absolute atomic E-state index is 0.739. The lowest BCUT2D eigenvalue weighted by Crippen LogP contribution is -2.30. The number of hydrogen-bond acceptors (Lipinski definition) is 2. The number of aromatic nitrogens is 4. The first-order chi connectivity index (χ1) is 27.1. The molecule has 5 heteroatoms. The zero-order valence-electron chi connectivity index (χ0n) is 30.4. The molecule has 0 radical (unpaired) electrons. The molecule has 260 valence electrons. The Morgan fingerprint density at radius 2 is 1.15 bits per heavy atom. The van der Waals surface area contributed by atoms with Crippen LogP contribution >= 0.6 is 0 Å². The monoisotopic (exact) mass is 706 g/mol. The summed E-state index contributed by atoms with van der Waals surface area (Å²) >= 11 is 0. The van der Waals surface area contributed by atoms with Gasteiger partial charge in [-0.25, -0.2) is 4.98 Å². The van der Waals surface area contributed by atoms with Crippen molar-refractivity contribution in [2.75, 3.05) is 0 Å². The van der Waals surface area contributed by atoms with E-state index in [2.05, 4.69) is 192 Å². The summed E-state index contributed by atoms with van der Waals surface area (Å²) in [7, 11) is 0. The molecule has 3 aromatic heterocycles. The molecule has 0 aliphatic carbocycles. The smallest absolute Gasteiger partial charge is 0.269 e. The summed E-state index contributed by atoms with van der Waals surface area (Å²) < 4.78 is 13.3. The number of para-hydroxylation sites is 3. The molecular formula is C50H34N4O. The highest BCUT2D eigenvalue weighted by Crippen LogP contribution is 2.43. The van der Waals surface area contributed by atoms with Crippen LogP contribution in [0.4, 0.5) is 0 Å². The third-order valence-corrected chi connectivity index (χ3v) is 10.9. The maximum Gasteiger partial charge on any atom is 0.269 e. The van der Waals surface area contributed by atoms with E-state index in [4.69, 9.17) is 9.72 Å². The number of hydrogen-bond donors (Lipinski definition) is 0. The van der Waals surface area contributed by atoms with Crippen LogP contribution in [0.1, 0.15) is 11.1 Å². The highest BCUT2D eigenvalue weighted by atomic mass is 16.5. The molecule has 0 atom stereocenters. The van der Waals surface area contributed by atoms with Gasteiger partial charge in [0.1, 0.15) is 17.3 Å². The van der Waals surface area contributed by atoms with Crippen molar-refractivity contribution in [3.05, 3.63) is 187 Å². The second kappa shape index (κ2) is 12.2. The lowest BCUT2D eigenvalue weighted by atomic mass is 9.89. The van der Waals surface area contributed by atoms with Gasteiger partial charge in [-0.15, -0.1) is 0 Å². The quantitative estimate of drug-likeness (QED) is 0.135.